The first kappa shape index (κ1) is 18.4. The highest BCUT2D eigenvalue weighted by Crippen LogP contribution is 2.41. The minimum absolute atomic E-state index is 1.08. The molecule has 0 aliphatic carbocycles. The lowest BCUT2D eigenvalue weighted by atomic mass is 9.92. The zero-order valence-electron chi connectivity index (χ0n) is 17.7. The lowest BCUT2D eigenvalue weighted by Gasteiger charge is -2.13. The number of rotatable bonds is 3. The molecule has 0 atom stereocenters. The molecule has 0 spiro atoms. The molecule has 1 aromatic heterocycles. The molecule has 30 heavy (non-hydrogen) atoms. The highest BCUT2D eigenvalue weighted by Gasteiger charge is 2.18. The lowest BCUT2D eigenvalue weighted by molar-refractivity contribution is 1.18. The fourth-order valence-electron chi connectivity index (χ4n) is 4.55. The van der Waals surface area contributed by atoms with Crippen LogP contribution in [0.4, 0.5) is 0 Å². The van der Waals surface area contributed by atoms with Gasteiger partial charge >= 0.3 is 0 Å². The van der Waals surface area contributed by atoms with Crippen molar-refractivity contribution < 1.29 is 0 Å². The Morgan fingerprint density at radius 1 is 0.733 bits per heavy atom. The molecule has 0 unspecified atom stereocenters. The molecule has 0 radical (unpaired) electrons. The Hall–Kier alpha value is -3.58. The van der Waals surface area contributed by atoms with Crippen molar-refractivity contribution in [1.82, 2.24) is 4.57 Å². The van der Waals surface area contributed by atoms with Gasteiger partial charge in [-0.15, -0.1) is 0 Å². The molecule has 5 aromatic rings. The van der Waals surface area contributed by atoms with Crippen LogP contribution in [-0.2, 0) is 0 Å². The van der Waals surface area contributed by atoms with Gasteiger partial charge < -0.3 is 4.57 Å². The van der Waals surface area contributed by atoms with Crippen molar-refractivity contribution >= 4 is 27.4 Å². The molecular formula is C29H25N. The third-order valence-electron chi connectivity index (χ3n) is 6.06. The van der Waals surface area contributed by atoms with Crippen LogP contribution in [0.15, 0.2) is 91.5 Å². The predicted molar refractivity (Wildman–Crippen MR) is 130 cm³/mol. The molecule has 5 rings (SSSR count). The Kier molecular flexibility index (Phi) is 4.33. The van der Waals surface area contributed by atoms with Crippen molar-refractivity contribution in [1.29, 1.82) is 0 Å². The van der Waals surface area contributed by atoms with Gasteiger partial charge in [-0.05, 0) is 72.9 Å². The Morgan fingerprint density at radius 3 is 2.30 bits per heavy atom. The van der Waals surface area contributed by atoms with Crippen molar-refractivity contribution in [2.75, 3.05) is 0 Å². The van der Waals surface area contributed by atoms with E-state index in [0.717, 1.165) is 5.57 Å². The first-order valence-electron chi connectivity index (χ1n) is 10.4. The minimum Gasteiger partial charge on any atom is -0.309 e. The SMILES string of the molecule is C=C(C)c1cccc(-n2c3ccccc3c3c(-c4ccccc4C)c(C)ccc32)c1. The quantitative estimate of drug-likeness (QED) is 0.295. The van der Waals surface area contributed by atoms with Crippen molar-refractivity contribution in [3.05, 3.63) is 108 Å². The van der Waals surface area contributed by atoms with Crippen LogP contribution in [-0.4, -0.2) is 4.57 Å². The van der Waals surface area contributed by atoms with E-state index in [-0.39, 0.29) is 0 Å². The predicted octanol–water partition coefficient (Wildman–Crippen LogP) is 8.10. The third-order valence-corrected chi connectivity index (χ3v) is 6.06. The lowest BCUT2D eigenvalue weighted by Crippen LogP contribution is -1.95. The molecule has 1 heterocycles. The summed E-state index contributed by atoms with van der Waals surface area (Å²) < 4.78 is 2.39. The maximum Gasteiger partial charge on any atom is 0.0547 e. The number of benzene rings is 4. The molecule has 0 saturated carbocycles. The number of hydrogen-bond acceptors (Lipinski definition) is 0. The van der Waals surface area contributed by atoms with Gasteiger partial charge in [0.15, 0.2) is 0 Å². The van der Waals surface area contributed by atoms with Crippen LogP contribution in [0, 0.1) is 13.8 Å². The van der Waals surface area contributed by atoms with Crippen LogP contribution >= 0.6 is 0 Å². The van der Waals surface area contributed by atoms with E-state index in [1.165, 1.54) is 55.3 Å². The maximum absolute atomic E-state index is 4.14. The Labute approximate surface area is 177 Å². The molecule has 0 fully saturated rings. The number of aryl methyl sites for hydroxylation is 2. The third kappa shape index (κ3) is 2.78. The number of aromatic nitrogens is 1. The van der Waals surface area contributed by atoms with E-state index in [1.54, 1.807) is 0 Å². The monoisotopic (exact) mass is 387 g/mol. The highest BCUT2D eigenvalue weighted by molar-refractivity contribution is 6.16. The van der Waals surface area contributed by atoms with Crippen LogP contribution in [0.1, 0.15) is 23.6 Å². The molecule has 0 N–H and O–H groups in total. The van der Waals surface area contributed by atoms with E-state index in [0.29, 0.717) is 0 Å². The average Bonchev–Trinajstić information content (AvgIpc) is 3.09. The van der Waals surface area contributed by atoms with Gasteiger partial charge in [-0.25, -0.2) is 0 Å². The fraction of sp³-hybridized carbons (Fsp3) is 0.103. The first-order chi connectivity index (χ1) is 14.6. The standard InChI is InChI=1S/C29H25N/c1-19(2)22-11-9-12-23(18-22)30-26-15-8-7-14-25(26)29-27(30)17-16-21(4)28(29)24-13-6-5-10-20(24)3/h5-18H,1H2,2-4H3. The Morgan fingerprint density at radius 2 is 1.50 bits per heavy atom. The van der Waals surface area contributed by atoms with Crippen LogP contribution in [0.2, 0.25) is 0 Å². The largest absolute Gasteiger partial charge is 0.309 e. The Balaban J connectivity index is 1.95. The van der Waals surface area contributed by atoms with E-state index >= 15 is 0 Å². The molecule has 146 valence electrons. The van der Waals surface area contributed by atoms with E-state index < -0.39 is 0 Å². The summed E-state index contributed by atoms with van der Waals surface area (Å²) in [5, 5.41) is 2.61. The highest BCUT2D eigenvalue weighted by atomic mass is 15.0. The van der Waals surface area contributed by atoms with Crippen molar-refractivity contribution in [3.8, 4) is 16.8 Å². The van der Waals surface area contributed by atoms with E-state index in [1.807, 2.05) is 0 Å². The van der Waals surface area contributed by atoms with Crippen molar-refractivity contribution in [3.63, 3.8) is 0 Å². The molecule has 0 aliphatic heterocycles. The molecule has 1 heteroatoms. The topological polar surface area (TPSA) is 4.93 Å². The van der Waals surface area contributed by atoms with Gasteiger partial charge in [0.2, 0.25) is 0 Å². The van der Waals surface area contributed by atoms with Gasteiger partial charge in [0, 0.05) is 16.5 Å². The van der Waals surface area contributed by atoms with Crippen molar-refractivity contribution in [2.24, 2.45) is 0 Å². The molecule has 0 aliphatic rings. The summed E-state index contributed by atoms with van der Waals surface area (Å²) in [6, 6.07) is 30.6. The van der Waals surface area contributed by atoms with Crippen molar-refractivity contribution in [2.45, 2.75) is 20.8 Å². The molecule has 1 nitrogen and oxygen atoms in total. The van der Waals surface area contributed by atoms with Crippen LogP contribution in [0.3, 0.4) is 0 Å². The summed E-state index contributed by atoms with van der Waals surface area (Å²) in [6.45, 7) is 10.6. The zero-order chi connectivity index (χ0) is 20.8. The maximum atomic E-state index is 4.14. The summed E-state index contributed by atoms with van der Waals surface area (Å²) >= 11 is 0. The molecule has 0 amide bonds. The number of nitrogens with zero attached hydrogens (tertiary/aromatic N) is 1. The second-order valence-electron chi connectivity index (χ2n) is 8.15. The van der Waals surface area contributed by atoms with Gasteiger partial charge in [0.05, 0.1) is 11.0 Å². The summed E-state index contributed by atoms with van der Waals surface area (Å²) in [6.07, 6.45) is 0. The van der Waals surface area contributed by atoms with Gasteiger partial charge in [-0.3, -0.25) is 0 Å². The summed E-state index contributed by atoms with van der Waals surface area (Å²) in [5.74, 6) is 0. The van der Waals surface area contributed by atoms with E-state index in [4.69, 9.17) is 0 Å². The Bertz CT molecular complexity index is 1430. The van der Waals surface area contributed by atoms with Gasteiger partial charge in [0.1, 0.15) is 0 Å². The minimum atomic E-state index is 1.08. The molecule has 0 saturated heterocycles. The van der Waals surface area contributed by atoms with E-state index in [9.17, 15) is 0 Å². The summed E-state index contributed by atoms with van der Waals surface area (Å²) in [7, 11) is 0. The zero-order valence-corrected chi connectivity index (χ0v) is 17.7. The van der Waals surface area contributed by atoms with E-state index in [2.05, 4.69) is 117 Å². The normalized spacial score (nSPS) is 11.3. The molecule has 4 aromatic carbocycles. The van der Waals surface area contributed by atoms with Gasteiger partial charge in [-0.1, -0.05) is 72.8 Å². The number of hydrogen-bond donors (Lipinski definition) is 0. The van der Waals surface area contributed by atoms with Gasteiger partial charge in [0.25, 0.3) is 0 Å². The first-order valence-corrected chi connectivity index (χ1v) is 10.4. The summed E-state index contributed by atoms with van der Waals surface area (Å²) in [4.78, 5) is 0. The number of fused-ring (bicyclic) bond motifs is 3. The molecule has 0 bridgehead atoms. The van der Waals surface area contributed by atoms with Crippen LogP contribution in [0.25, 0.3) is 44.2 Å². The van der Waals surface area contributed by atoms with Crippen LogP contribution < -0.4 is 0 Å². The second-order valence-corrected chi connectivity index (χ2v) is 8.15. The fourth-order valence-corrected chi connectivity index (χ4v) is 4.55. The number of para-hydroxylation sites is 1. The second kappa shape index (κ2) is 7.03. The summed E-state index contributed by atoms with van der Waals surface area (Å²) in [5.41, 5.74) is 11.1. The van der Waals surface area contributed by atoms with Crippen LogP contribution in [0.5, 0.6) is 0 Å². The smallest absolute Gasteiger partial charge is 0.0547 e. The number of allylic oxidation sites excluding steroid dienone is 1. The molecular weight excluding hydrogens is 362 g/mol. The average molecular weight is 388 g/mol. The van der Waals surface area contributed by atoms with Gasteiger partial charge in [-0.2, -0.15) is 0 Å².